The van der Waals surface area contributed by atoms with Crippen molar-refractivity contribution in [2.75, 3.05) is 18.0 Å². The predicted octanol–water partition coefficient (Wildman–Crippen LogP) is 1.71. The van der Waals surface area contributed by atoms with Gasteiger partial charge in [0, 0.05) is 12.2 Å². The zero-order valence-corrected chi connectivity index (χ0v) is 10.1. The normalized spacial score (nSPS) is 19.9. The summed E-state index contributed by atoms with van der Waals surface area (Å²) in [6.07, 6.45) is 0. The molecule has 0 radical (unpaired) electrons. The number of anilines is 1. The fourth-order valence-electron chi connectivity index (χ4n) is 2.25. The van der Waals surface area contributed by atoms with Gasteiger partial charge in [0.1, 0.15) is 0 Å². The lowest BCUT2D eigenvalue weighted by Gasteiger charge is -2.43. The minimum atomic E-state index is -0.165. The van der Waals surface area contributed by atoms with Crippen molar-refractivity contribution < 1.29 is 4.79 Å². The number of benzene rings is 1. The Morgan fingerprint density at radius 3 is 2.62 bits per heavy atom. The number of piperazine rings is 1. The molecule has 1 fully saturated rings. The van der Waals surface area contributed by atoms with Crippen molar-refractivity contribution in [2.24, 2.45) is 0 Å². The van der Waals surface area contributed by atoms with Crippen molar-refractivity contribution in [3.8, 4) is 0 Å². The second-order valence-corrected chi connectivity index (χ2v) is 4.93. The predicted molar refractivity (Wildman–Crippen MR) is 65.6 cm³/mol. The molecule has 1 heterocycles. The van der Waals surface area contributed by atoms with Crippen LogP contribution in [0, 0.1) is 6.92 Å². The maximum Gasteiger partial charge on any atom is 0.241 e. The average molecular weight is 218 g/mol. The highest BCUT2D eigenvalue weighted by molar-refractivity contribution is 5.97. The molecule has 0 aromatic heterocycles. The third kappa shape index (κ3) is 1.83. The van der Waals surface area contributed by atoms with Crippen LogP contribution in [0.25, 0.3) is 0 Å². The van der Waals surface area contributed by atoms with E-state index in [9.17, 15) is 4.79 Å². The molecule has 1 aromatic rings. The number of para-hydroxylation sites is 1. The van der Waals surface area contributed by atoms with Gasteiger partial charge in [-0.3, -0.25) is 4.79 Å². The third-order valence-electron chi connectivity index (χ3n) is 3.04. The summed E-state index contributed by atoms with van der Waals surface area (Å²) in [5.41, 5.74) is 2.01. The van der Waals surface area contributed by atoms with Crippen LogP contribution >= 0.6 is 0 Å². The molecule has 86 valence electrons. The van der Waals surface area contributed by atoms with Gasteiger partial charge in [-0.05, 0) is 32.4 Å². The summed E-state index contributed by atoms with van der Waals surface area (Å²) < 4.78 is 0. The molecule has 0 bridgehead atoms. The fourth-order valence-corrected chi connectivity index (χ4v) is 2.25. The van der Waals surface area contributed by atoms with Crippen molar-refractivity contribution in [3.05, 3.63) is 29.8 Å². The molecule has 1 N–H and O–H groups in total. The molecule has 1 amide bonds. The molecule has 1 aliphatic rings. The average Bonchev–Trinajstić information content (AvgIpc) is 2.19. The van der Waals surface area contributed by atoms with Gasteiger partial charge in [0.25, 0.3) is 0 Å². The van der Waals surface area contributed by atoms with E-state index in [4.69, 9.17) is 0 Å². The molecule has 0 saturated carbocycles. The SMILES string of the molecule is Cc1ccccc1N1C(=O)CNCC1(C)C. The second-order valence-electron chi connectivity index (χ2n) is 4.93. The summed E-state index contributed by atoms with van der Waals surface area (Å²) in [6, 6.07) is 8.03. The van der Waals surface area contributed by atoms with Crippen LogP contribution in [0.2, 0.25) is 0 Å². The van der Waals surface area contributed by atoms with E-state index in [2.05, 4.69) is 19.2 Å². The lowest BCUT2D eigenvalue weighted by molar-refractivity contribution is -0.120. The Morgan fingerprint density at radius 2 is 2.00 bits per heavy atom. The van der Waals surface area contributed by atoms with Gasteiger partial charge in [-0.2, -0.15) is 0 Å². The summed E-state index contributed by atoms with van der Waals surface area (Å²) in [6.45, 7) is 7.47. The number of hydrogen-bond donors (Lipinski definition) is 1. The smallest absolute Gasteiger partial charge is 0.241 e. The maximum absolute atomic E-state index is 12.0. The number of hydrogen-bond acceptors (Lipinski definition) is 2. The molecule has 3 nitrogen and oxygen atoms in total. The van der Waals surface area contributed by atoms with E-state index < -0.39 is 0 Å². The fraction of sp³-hybridized carbons (Fsp3) is 0.462. The van der Waals surface area contributed by atoms with Crippen LogP contribution in [0.15, 0.2) is 24.3 Å². The molecule has 16 heavy (non-hydrogen) atoms. The Morgan fingerprint density at radius 1 is 1.31 bits per heavy atom. The number of nitrogens with zero attached hydrogens (tertiary/aromatic N) is 1. The van der Waals surface area contributed by atoms with Crippen LogP contribution in [0.5, 0.6) is 0 Å². The van der Waals surface area contributed by atoms with Gasteiger partial charge in [0.15, 0.2) is 0 Å². The number of carbonyl (C=O) groups excluding carboxylic acids is 1. The summed E-state index contributed by atoms with van der Waals surface area (Å²) in [4.78, 5) is 13.9. The minimum Gasteiger partial charge on any atom is -0.306 e. The summed E-state index contributed by atoms with van der Waals surface area (Å²) in [5, 5.41) is 3.15. The molecule has 1 aliphatic heterocycles. The van der Waals surface area contributed by atoms with E-state index in [1.54, 1.807) is 0 Å². The zero-order chi connectivity index (χ0) is 11.8. The van der Waals surface area contributed by atoms with Gasteiger partial charge in [-0.1, -0.05) is 18.2 Å². The van der Waals surface area contributed by atoms with Crippen molar-refractivity contribution in [1.82, 2.24) is 5.32 Å². The molecule has 1 aromatic carbocycles. The Bertz CT molecular complexity index is 412. The first-order chi connectivity index (χ1) is 7.52. The van der Waals surface area contributed by atoms with Gasteiger partial charge in [0.05, 0.1) is 12.1 Å². The Labute approximate surface area is 96.5 Å². The Hall–Kier alpha value is -1.35. The molecule has 0 aliphatic carbocycles. The van der Waals surface area contributed by atoms with Crippen molar-refractivity contribution >= 4 is 11.6 Å². The third-order valence-corrected chi connectivity index (χ3v) is 3.04. The van der Waals surface area contributed by atoms with E-state index in [1.165, 1.54) is 0 Å². The van der Waals surface area contributed by atoms with Crippen LogP contribution < -0.4 is 10.2 Å². The molecule has 3 heteroatoms. The first-order valence-electron chi connectivity index (χ1n) is 5.62. The molecule has 0 unspecified atom stereocenters. The highest BCUT2D eigenvalue weighted by Gasteiger charge is 2.35. The van der Waals surface area contributed by atoms with Gasteiger partial charge in [-0.25, -0.2) is 0 Å². The standard InChI is InChI=1S/C13H18N2O/c1-10-6-4-5-7-11(10)15-12(16)8-14-9-13(15,2)3/h4-7,14H,8-9H2,1-3H3. The van der Waals surface area contributed by atoms with Crippen LogP contribution in [0.1, 0.15) is 19.4 Å². The summed E-state index contributed by atoms with van der Waals surface area (Å²) in [7, 11) is 0. The largest absolute Gasteiger partial charge is 0.306 e. The topological polar surface area (TPSA) is 32.3 Å². The first-order valence-corrected chi connectivity index (χ1v) is 5.62. The van der Waals surface area contributed by atoms with E-state index in [0.29, 0.717) is 6.54 Å². The number of nitrogens with one attached hydrogen (secondary N) is 1. The Balaban J connectivity index is 2.44. The lowest BCUT2D eigenvalue weighted by Crippen LogP contribution is -2.61. The second kappa shape index (κ2) is 3.91. The first kappa shape index (κ1) is 11.1. The molecule has 2 rings (SSSR count). The highest BCUT2D eigenvalue weighted by atomic mass is 16.2. The van der Waals surface area contributed by atoms with Crippen molar-refractivity contribution in [3.63, 3.8) is 0 Å². The summed E-state index contributed by atoms with van der Waals surface area (Å²) >= 11 is 0. The van der Waals surface area contributed by atoms with Crippen molar-refractivity contribution in [2.45, 2.75) is 26.3 Å². The van der Waals surface area contributed by atoms with Gasteiger partial charge in [0.2, 0.25) is 5.91 Å². The zero-order valence-electron chi connectivity index (χ0n) is 10.1. The van der Waals surface area contributed by atoms with Crippen LogP contribution in [-0.2, 0) is 4.79 Å². The van der Waals surface area contributed by atoms with E-state index >= 15 is 0 Å². The summed E-state index contributed by atoms with van der Waals surface area (Å²) in [5.74, 6) is 0.144. The Kier molecular flexibility index (Phi) is 2.72. The number of aryl methyl sites for hydroxylation is 1. The molecule has 0 atom stereocenters. The van der Waals surface area contributed by atoms with Gasteiger partial charge >= 0.3 is 0 Å². The molecule has 1 saturated heterocycles. The quantitative estimate of drug-likeness (QED) is 0.778. The number of rotatable bonds is 1. The van der Waals surface area contributed by atoms with E-state index in [-0.39, 0.29) is 11.4 Å². The minimum absolute atomic E-state index is 0.144. The monoisotopic (exact) mass is 218 g/mol. The highest BCUT2D eigenvalue weighted by Crippen LogP contribution is 2.28. The van der Waals surface area contributed by atoms with E-state index in [0.717, 1.165) is 17.8 Å². The molecular formula is C13H18N2O. The molecular weight excluding hydrogens is 200 g/mol. The van der Waals surface area contributed by atoms with Crippen LogP contribution in [0.4, 0.5) is 5.69 Å². The maximum atomic E-state index is 12.0. The number of carbonyl (C=O) groups is 1. The molecule has 0 spiro atoms. The van der Waals surface area contributed by atoms with Gasteiger partial charge < -0.3 is 10.2 Å². The van der Waals surface area contributed by atoms with Crippen LogP contribution in [0.3, 0.4) is 0 Å². The van der Waals surface area contributed by atoms with Gasteiger partial charge in [-0.15, -0.1) is 0 Å². The van der Waals surface area contributed by atoms with E-state index in [1.807, 2.05) is 36.1 Å². The van der Waals surface area contributed by atoms with Crippen LogP contribution in [-0.4, -0.2) is 24.5 Å². The number of amides is 1. The van der Waals surface area contributed by atoms with Crippen molar-refractivity contribution in [1.29, 1.82) is 0 Å². The lowest BCUT2D eigenvalue weighted by atomic mass is 9.97.